The van der Waals surface area contributed by atoms with Crippen LogP contribution in [0.5, 0.6) is 0 Å². The molecule has 1 heterocycles. The zero-order chi connectivity index (χ0) is 28.2. The van der Waals surface area contributed by atoms with Crippen molar-refractivity contribution in [3.8, 4) is 0 Å². The molecule has 12 heteroatoms. The van der Waals surface area contributed by atoms with Crippen molar-refractivity contribution in [3.63, 3.8) is 0 Å². The van der Waals surface area contributed by atoms with E-state index >= 15 is 0 Å². The van der Waals surface area contributed by atoms with Gasteiger partial charge in [-0.1, -0.05) is 29.8 Å². The SMILES string of the molecule is CNS(=O)(=O)C[C@](C)(NC(=S)NC(=O)c1ccccc1)c1csc2ccc(NC(=O)c3ccc(Cl)cc3)cc12. The average Bonchev–Trinajstić information content (AvgIpc) is 3.33. The molecule has 4 N–H and O–H groups in total. The number of sulfonamides is 1. The van der Waals surface area contributed by atoms with Crippen LogP contribution in [0.1, 0.15) is 33.2 Å². The average molecular weight is 601 g/mol. The van der Waals surface area contributed by atoms with Crippen molar-refractivity contribution >= 4 is 77.9 Å². The number of hydrogen-bond donors (Lipinski definition) is 4. The van der Waals surface area contributed by atoms with Gasteiger partial charge in [-0.05, 0) is 91.7 Å². The molecule has 3 aromatic carbocycles. The van der Waals surface area contributed by atoms with Gasteiger partial charge in [-0.25, -0.2) is 13.1 Å². The van der Waals surface area contributed by atoms with Crippen LogP contribution in [0.2, 0.25) is 5.02 Å². The fourth-order valence-electron chi connectivity index (χ4n) is 4.02. The molecular formula is C27H25ClN4O4S3. The van der Waals surface area contributed by atoms with Gasteiger partial charge in [-0.2, -0.15) is 0 Å². The normalized spacial score (nSPS) is 12.9. The summed E-state index contributed by atoms with van der Waals surface area (Å²) in [6.07, 6.45) is 0. The number of nitrogens with one attached hydrogen (secondary N) is 4. The van der Waals surface area contributed by atoms with Crippen LogP contribution in [-0.2, 0) is 15.6 Å². The monoisotopic (exact) mass is 600 g/mol. The summed E-state index contributed by atoms with van der Waals surface area (Å²) in [6, 6.07) is 20.5. The minimum Gasteiger partial charge on any atom is -0.352 e. The fraction of sp³-hybridized carbons (Fsp3) is 0.148. The third-order valence-electron chi connectivity index (χ3n) is 5.97. The summed E-state index contributed by atoms with van der Waals surface area (Å²) in [6.45, 7) is 1.70. The molecule has 0 saturated heterocycles. The van der Waals surface area contributed by atoms with Crippen molar-refractivity contribution < 1.29 is 18.0 Å². The van der Waals surface area contributed by atoms with E-state index in [0.29, 0.717) is 27.4 Å². The molecular weight excluding hydrogens is 576 g/mol. The quantitative estimate of drug-likeness (QED) is 0.214. The van der Waals surface area contributed by atoms with Gasteiger partial charge in [-0.15, -0.1) is 11.3 Å². The Hall–Kier alpha value is -3.35. The van der Waals surface area contributed by atoms with Crippen LogP contribution in [0.3, 0.4) is 0 Å². The van der Waals surface area contributed by atoms with E-state index < -0.39 is 21.5 Å². The Morgan fingerprint density at radius 3 is 2.31 bits per heavy atom. The highest BCUT2D eigenvalue weighted by Gasteiger charge is 2.35. The molecule has 0 bridgehead atoms. The van der Waals surface area contributed by atoms with Gasteiger partial charge in [0.05, 0.1) is 11.3 Å². The van der Waals surface area contributed by atoms with Gasteiger partial charge in [-0.3, -0.25) is 14.9 Å². The predicted octanol–water partition coefficient (Wildman–Crippen LogP) is 4.88. The predicted molar refractivity (Wildman–Crippen MR) is 161 cm³/mol. The van der Waals surface area contributed by atoms with E-state index in [9.17, 15) is 18.0 Å². The second-order valence-corrected chi connectivity index (χ2v) is 12.6. The van der Waals surface area contributed by atoms with E-state index in [1.807, 2.05) is 11.4 Å². The zero-order valence-electron chi connectivity index (χ0n) is 20.9. The number of benzene rings is 3. The maximum atomic E-state index is 12.8. The molecule has 8 nitrogen and oxygen atoms in total. The van der Waals surface area contributed by atoms with Crippen LogP contribution in [0.15, 0.2) is 78.2 Å². The van der Waals surface area contributed by atoms with E-state index in [-0.39, 0.29) is 16.8 Å². The van der Waals surface area contributed by atoms with Gasteiger partial charge in [0.1, 0.15) is 0 Å². The molecule has 4 aromatic rings. The smallest absolute Gasteiger partial charge is 0.257 e. The lowest BCUT2D eigenvalue weighted by Crippen LogP contribution is -2.53. The molecule has 2 amide bonds. The minimum atomic E-state index is -3.73. The number of amides is 2. The van der Waals surface area contributed by atoms with Crippen molar-refractivity contribution in [1.29, 1.82) is 0 Å². The van der Waals surface area contributed by atoms with Crippen LogP contribution < -0.4 is 20.7 Å². The Morgan fingerprint density at radius 1 is 0.974 bits per heavy atom. The standard InChI is InChI=1S/C27H25ClN4O4S3/c1-27(16-39(35,36)29-2,32-26(37)31-25(34)17-6-4-3-5-7-17)22-15-38-23-13-12-20(14-21(22)23)30-24(33)18-8-10-19(28)11-9-18/h3-15,29H,16H2,1-2H3,(H,30,33)(H2,31,32,34,37)/t27-/m0/s1. The molecule has 0 aliphatic rings. The number of rotatable bonds is 8. The summed E-state index contributed by atoms with van der Waals surface area (Å²) in [5.74, 6) is -1.11. The lowest BCUT2D eigenvalue weighted by molar-refractivity contribution is 0.0974. The van der Waals surface area contributed by atoms with E-state index in [1.54, 1.807) is 73.7 Å². The van der Waals surface area contributed by atoms with Crippen molar-refractivity contribution in [2.45, 2.75) is 12.5 Å². The molecule has 0 fully saturated rings. The maximum Gasteiger partial charge on any atom is 0.257 e. The molecule has 202 valence electrons. The second kappa shape index (κ2) is 11.8. The zero-order valence-corrected chi connectivity index (χ0v) is 24.2. The summed E-state index contributed by atoms with van der Waals surface area (Å²) in [5.41, 5.74) is 0.783. The molecule has 0 aliphatic carbocycles. The fourth-order valence-corrected chi connectivity index (χ4v) is 6.67. The maximum absolute atomic E-state index is 12.8. The number of carbonyl (C=O) groups excluding carboxylic acids is 2. The first-order valence-electron chi connectivity index (χ1n) is 11.7. The van der Waals surface area contributed by atoms with Crippen LogP contribution in [0, 0.1) is 0 Å². The van der Waals surface area contributed by atoms with E-state index in [1.165, 1.54) is 18.4 Å². The molecule has 0 spiro atoms. The number of hydrogen-bond acceptors (Lipinski definition) is 6. The molecule has 1 aromatic heterocycles. The van der Waals surface area contributed by atoms with Crippen molar-refractivity contribution in [2.24, 2.45) is 0 Å². The third kappa shape index (κ3) is 7.00. The first-order valence-corrected chi connectivity index (χ1v) is 15.0. The lowest BCUT2D eigenvalue weighted by atomic mass is 9.93. The van der Waals surface area contributed by atoms with Crippen molar-refractivity contribution in [2.75, 3.05) is 18.1 Å². The van der Waals surface area contributed by atoms with Gasteiger partial charge < -0.3 is 10.6 Å². The summed E-state index contributed by atoms with van der Waals surface area (Å²) in [4.78, 5) is 25.4. The number of anilines is 1. The molecule has 0 aliphatic heterocycles. The van der Waals surface area contributed by atoms with E-state index in [2.05, 4.69) is 20.7 Å². The first-order chi connectivity index (χ1) is 18.5. The Labute approximate surface area is 240 Å². The van der Waals surface area contributed by atoms with Gasteiger partial charge in [0, 0.05) is 31.9 Å². The van der Waals surface area contributed by atoms with Crippen molar-refractivity contribution in [1.82, 2.24) is 15.4 Å². The minimum absolute atomic E-state index is 0.0239. The highest BCUT2D eigenvalue weighted by Crippen LogP contribution is 2.36. The summed E-state index contributed by atoms with van der Waals surface area (Å²) >= 11 is 12.8. The van der Waals surface area contributed by atoms with Crippen LogP contribution >= 0.6 is 35.2 Å². The number of thiophene rings is 1. The van der Waals surface area contributed by atoms with Gasteiger partial charge in [0.15, 0.2) is 5.11 Å². The summed E-state index contributed by atoms with van der Waals surface area (Å²) in [5, 5.41) is 11.6. The number of halogens is 1. The lowest BCUT2D eigenvalue weighted by Gasteiger charge is -2.32. The first kappa shape index (κ1) is 28.7. The number of fused-ring (bicyclic) bond motifs is 1. The van der Waals surface area contributed by atoms with E-state index in [0.717, 1.165) is 10.1 Å². The molecule has 1 atom stereocenters. The molecule has 39 heavy (non-hydrogen) atoms. The van der Waals surface area contributed by atoms with Crippen LogP contribution in [0.4, 0.5) is 5.69 Å². The third-order valence-corrected chi connectivity index (χ3v) is 8.97. The van der Waals surface area contributed by atoms with Crippen LogP contribution in [0.25, 0.3) is 10.1 Å². The highest BCUT2D eigenvalue weighted by molar-refractivity contribution is 7.89. The van der Waals surface area contributed by atoms with Gasteiger partial charge in [0.2, 0.25) is 10.0 Å². The largest absolute Gasteiger partial charge is 0.352 e. The number of carbonyl (C=O) groups is 2. The molecule has 0 unspecified atom stereocenters. The van der Waals surface area contributed by atoms with Crippen LogP contribution in [-0.4, -0.2) is 38.1 Å². The summed E-state index contributed by atoms with van der Waals surface area (Å²) < 4.78 is 28.7. The molecule has 4 rings (SSSR count). The molecule has 0 radical (unpaired) electrons. The van der Waals surface area contributed by atoms with Gasteiger partial charge in [0.25, 0.3) is 11.8 Å². The Morgan fingerprint density at radius 2 is 1.64 bits per heavy atom. The van der Waals surface area contributed by atoms with Gasteiger partial charge >= 0.3 is 0 Å². The Kier molecular flexibility index (Phi) is 8.67. The highest BCUT2D eigenvalue weighted by atomic mass is 35.5. The molecule has 0 saturated carbocycles. The topological polar surface area (TPSA) is 116 Å². The summed E-state index contributed by atoms with van der Waals surface area (Å²) in [7, 11) is -2.39. The van der Waals surface area contributed by atoms with E-state index in [4.69, 9.17) is 23.8 Å². The van der Waals surface area contributed by atoms with Crippen molar-refractivity contribution in [3.05, 3.63) is 99.9 Å². The Balaban J connectivity index is 1.65. The second-order valence-electron chi connectivity index (χ2n) is 8.89. The number of thiocarbonyl (C=S) groups is 1. The Bertz CT molecular complexity index is 1640.